The van der Waals surface area contributed by atoms with Crippen molar-refractivity contribution in [2.45, 2.75) is 97.6 Å². The summed E-state index contributed by atoms with van der Waals surface area (Å²) in [4.78, 5) is 4.76. The summed E-state index contributed by atoms with van der Waals surface area (Å²) in [5, 5.41) is 11.4. The van der Waals surface area contributed by atoms with Crippen molar-refractivity contribution < 1.29 is 4.74 Å². The normalized spacial score (nSPS) is 17.2. The summed E-state index contributed by atoms with van der Waals surface area (Å²) < 4.78 is 8.05. The third-order valence-corrected chi connectivity index (χ3v) is 5.87. The van der Waals surface area contributed by atoms with Crippen LogP contribution in [0.5, 0.6) is 0 Å². The minimum atomic E-state index is 0.299. The second-order valence-electron chi connectivity index (χ2n) is 8.47. The highest BCUT2D eigenvalue weighted by atomic mass is 16.5. The lowest BCUT2D eigenvalue weighted by Crippen LogP contribution is -2.43. The van der Waals surface area contributed by atoms with Crippen LogP contribution in [-0.4, -0.2) is 47.6 Å². The van der Waals surface area contributed by atoms with Crippen LogP contribution in [0.4, 0.5) is 0 Å². The molecule has 2 rings (SSSR count). The topological polar surface area (TPSA) is 63.5 Å². The summed E-state index contributed by atoms with van der Waals surface area (Å²) in [5.41, 5.74) is 3.69. The van der Waals surface area contributed by atoms with Crippen molar-refractivity contribution >= 4 is 5.96 Å². The summed E-state index contributed by atoms with van der Waals surface area (Å²) in [6.45, 7) is 11.1. The standard InChI is InChI=1S/C23H43N5O/c1-6-24-23(26-18(2)17-22-19(3)27-28(5)20(22)4)25-15-11-12-16-29-21-13-9-7-8-10-14-21/h18,21H,6-17H2,1-5H3,(H2,24,25,26). The molecular weight excluding hydrogens is 362 g/mol. The molecule has 0 bridgehead atoms. The van der Waals surface area contributed by atoms with E-state index in [1.165, 1.54) is 49.8 Å². The Hall–Kier alpha value is -1.56. The van der Waals surface area contributed by atoms with Gasteiger partial charge in [0.05, 0.1) is 11.8 Å². The SMILES string of the molecule is CCNC(=NCCCCOC1CCCCCC1)NC(C)Cc1c(C)nn(C)c1C. The Bertz CT molecular complexity index is 617. The van der Waals surface area contributed by atoms with Crippen LogP contribution in [-0.2, 0) is 18.2 Å². The summed E-state index contributed by atoms with van der Waals surface area (Å²) in [5.74, 6) is 0.906. The van der Waals surface area contributed by atoms with Crippen molar-refractivity contribution in [1.82, 2.24) is 20.4 Å². The van der Waals surface area contributed by atoms with E-state index in [2.05, 4.69) is 43.4 Å². The van der Waals surface area contributed by atoms with Crippen molar-refractivity contribution in [3.8, 4) is 0 Å². The molecule has 6 heteroatoms. The number of aryl methyl sites for hydroxylation is 2. The Labute approximate surface area is 177 Å². The first-order valence-corrected chi connectivity index (χ1v) is 11.7. The molecule has 1 fully saturated rings. The van der Waals surface area contributed by atoms with Gasteiger partial charge < -0.3 is 15.4 Å². The Kier molecular flexibility index (Phi) is 10.5. The molecule has 0 aromatic carbocycles. The maximum atomic E-state index is 6.09. The second kappa shape index (κ2) is 12.9. The average molecular weight is 406 g/mol. The van der Waals surface area contributed by atoms with E-state index in [-0.39, 0.29) is 0 Å². The zero-order chi connectivity index (χ0) is 21.1. The molecule has 0 saturated heterocycles. The minimum absolute atomic E-state index is 0.299. The largest absolute Gasteiger partial charge is 0.378 e. The number of aromatic nitrogens is 2. The highest BCUT2D eigenvalue weighted by molar-refractivity contribution is 5.80. The highest BCUT2D eigenvalue weighted by Gasteiger charge is 2.14. The van der Waals surface area contributed by atoms with Gasteiger partial charge >= 0.3 is 0 Å². The fourth-order valence-electron chi connectivity index (χ4n) is 4.09. The van der Waals surface area contributed by atoms with Gasteiger partial charge in [-0.2, -0.15) is 5.10 Å². The predicted molar refractivity (Wildman–Crippen MR) is 122 cm³/mol. The van der Waals surface area contributed by atoms with Crippen LogP contribution in [0, 0.1) is 13.8 Å². The maximum absolute atomic E-state index is 6.09. The molecule has 1 aromatic rings. The van der Waals surface area contributed by atoms with Gasteiger partial charge in [0.2, 0.25) is 0 Å². The van der Waals surface area contributed by atoms with Gasteiger partial charge in [-0.25, -0.2) is 0 Å². The first kappa shape index (κ1) is 23.7. The molecule has 29 heavy (non-hydrogen) atoms. The molecule has 1 heterocycles. The predicted octanol–water partition coefficient (Wildman–Crippen LogP) is 4.04. The van der Waals surface area contributed by atoms with Crippen LogP contribution in [0.15, 0.2) is 4.99 Å². The zero-order valence-electron chi connectivity index (χ0n) is 19.4. The smallest absolute Gasteiger partial charge is 0.191 e. The lowest BCUT2D eigenvalue weighted by molar-refractivity contribution is 0.0413. The van der Waals surface area contributed by atoms with Crippen LogP contribution in [0.1, 0.15) is 82.2 Å². The van der Waals surface area contributed by atoms with Crippen molar-refractivity contribution in [3.05, 3.63) is 17.0 Å². The van der Waals surface area contributed by atoms with Crippen LogP contribution in [0.25, 0.3) is 0 Å². The quantitative estimate of drug-likeness (QED) is 0.267. The fraction of sp³-hybridized carbons (Fsp3) is 0.826. The van der Waals surface area contributed by atoms with Gasteiger partial charge in [-0.05, 0) is 65.4 Å². The summed E-state index contributed by atoms with van der Waals surface area (Å²) in [7, 11) is 2.01. The maximum Gasteiger partial charge on any atom is 0.191 e. The van der Waals surface area contributed by atoms with Gasteiger partial charge in [-0.15, -0.1) is 0 Å². The van der Waals surface area contributed by atoms with Gasteiger partial charge in [0.1, 0.15) is 0 Å². The van der Waals surface area contributed by atoms with Crippen molar-refractivity contribution in [3.63, 3.8) is 0 Å². The first-order chi connectivity index (χ1) is 14.0. The third-order valence-electron chi connectivity index (χ3n) is 5.87. The van der Waals surface area contributed by atoms with Crippen molar-refractivity contribution in [2.75, 3.05) is 19.7 Å². The lowest BCUT2D eigenvalue weighted by atomic mass is 10.1. The Balaban J connectivity index is 1.71. The first-order valence-electron chi connectivity index (χ1n) is 11.7. The second-order valence-corrected chi connectivity index (χ2v) is 8.47. The average Bonchev–Trinajstić information content (AvgIpc) is 2.88. The molecule has 0 radical (unpaired) electrons. The Morgan fingerprint density at radius 2 is 1.93 bits per heavy atom. The molecule has 166 valence electrons. The summed E-state index contributed by atoms with van der Waals surface area (Å²) in [6, 6.07) is 0.299. The van der Waals surface area contributed by atoms with Crippen LogP contribution >= 0.6 is 0 Å². The molecule has 1 unspecified atom stereocenters. The number of nitrogens with zero attached hydrogens (tertiary/aromatic N) is 3. The monoisotopic (exact) mass is 405 g/mol. The van der Waals surface area contributed by atoms with E-state index < -0.39 is 0 Å². The molecule has 1 aliphatic rings. The van der Waals surface area contributed by atoms with Gasteiger partial charge in [-0.3, -0.25) is 9.67 Å². The number of unbranched alkanes of at least 4 members (excludes halogenated alkanes) is 1. The number of hydrogen-bond acceptors (Lipinski definition) is 3. The number of rotatable bonds is 10. The van der Waals surface area contributed by atoms with E-state index in [1.54, 1.807) is 0 Å². The van der Waals surface area contributed by atoms with Gasteiger partial charge in [-0.1, -0.05) is 25.7 Å². The molecule has 0 amide bonds. The molecule has 1 saturated carbocycles. The number of hydrogen-bond donors (Lipinski definition) is 2. The molecule has 0 spiro atoms. The van der Waals surface area contributed by atoms with Crippen LogP contribution in [0.3, 0.4) is 0 Å². The number of ether oxygens (including phenoxy) is 1. The van der Waals surface area contributed by atoms with Gasteiger partial charge in [0, 0.05) is 38.5 Å². The van der Waals surface area contributed by atoms with E-state index >= 15 is 0 Å². The Morgan fingerprint density at radius 1 is 1.21 bits per heavy atom. The number of nitrogens with one attached hydrogen (secondary N) is 2. The van der Waals surface area contributed by atoms with Crippen molar-refractivity contribution in [2.24, 2.45) is 12.0 Å². The Morgan fingerprint density at radius 3 is 2.55 bits per heavy atom. The molecule has 1 atom stereocenters. The van der Waals surface area contributed by atoms with Gasteiger partial charge in [0.25, 0.3) is 0 Å². The minimum Gasteiger partial charge on any atom is -0.378 e. The van der Waals surface area contributed by atoms with Crippen LogP contribution < -0.4 is 10.6 Å². The molecule has 1 aliphatic carbocycles. The molecule has 2 N–H and O–H groups in total. The summed E-state index contributed by atoms with van der Waals surface area (Å²) >= 11 is 0. The molecule has 0 aliphatic heterocycles. The number of aliphatic imine (C=N–C) groups is 1. The van der Waals surface area contributed by atoms with E-state index in [0.717, 1.165) is 50.6 Å². The summed E-state index contributed by atoms with van der Waals surface area (Å²) in [6.07, 6.45) is 11.5. The zero-order valence-corrected chi connectivity index (χ0v) is 19.4. The molecule has 1 aromatic heterocycles. The van der Waals surface area contributed by atoms with E-state index in [9.17, 15) is 0 Å². The highest BCUT2D eigenvalue weighted by Crippen LogP contribution is 2.20. The molecule has 6 nitrogen and oxygen atoms in total. The fourth-order valence-corrected chi connectivity index (χ4v) is 4.09. The lowest BCUT2D eigenvalue weighted by Gasteiger charge is -2.18. The van der Waals surface area contributed by atoms with E-state index in [0.29, 0.717) is 12.1 Å². The van der Waals surface area contributed by atoms with Crippen molar-refractivity contribution in [1.29, 1.82) is 0 Å². The van der Waals surface area contributed by atoms with E-state index in [1.807, 2.05) is 11.7 Å². The van der Waals surface area contributed by atoms with Gasteiger partial charge in [0.15, 0.2) is 5.96 Å². The third kappa shape index (κ3) is 8.37. The number of guanidine groups is 1. The molecular formula is C23H43N5O. The van der Waals surface area contributed by atoms with E-state index in [4.69, 9.17) is 9.73 Å². The van der Waals surface area contributed by atoms with Crippen LogP contribution in [0.2, 0.25) is 0 Å².